The molecular formula is C18H29FN2. The van der Waals surface area contributed by atoms with E-state index in [9.17, 15) is 4.39 Å². The Morgan fingerprint density at radius 1 is 1.24 bits per heavy atom. The van der Waals surface area contributed by atoms with Crippen LogP contribution in [0.1, 0.15) is 58.6 Å². The Labute approximate surface area is 128 Å². The summed E-state index contributed by atoms with van der Waals surface area (Å²) in [5.41, 5.74) is 7.98. The number of anilines is 1. The highest BCUT2D eigenvalue weighted by atomic mass is 19.1. The topological polar surface area (TPSA) is 29.3 Å². The van der Waals surface area contributed by atoms with E-state index in [4.69, 9.17) is 5.73 Å². The molecule has 0 aromatic heterocycles. The van der Waals surface area contributed by atoms with E-state index in [1.165, 1.54) is 18.9 Å². The summed E-state index contributed by atoms with van der Waals surface area (Å²) in [5.74, 6) is 0.550. The predicted octanol–water partition coefficient (Wildman–Crippen LogP) is 4.50. The Balaban J connectivity index is 2.22. The molecule has 0 radical (unpaired) electrons. The quantitative estimate of drug-likeness (QED) is 0.869. The first-order chi connectivity index (χ1) is 9.80. The molecule has 2 atom stereocenters. The van der Waals surface area contributed by atoms with E-state index in [-0.39, 0.29) is 11.9 Å². The fourth-order valence-electron chi connectivity index (χ4n) is 3.46. The van der Waals surface area contributed by atoms with Crippen LogP contribution in [0, 0.1) is 17.2 Å². The van der Waals surface area contributed by atoms with Crippen LogP contribution in [-0.2, 0) is 0 Å². The standard InChI is InChI=1S/C18H29FN2/c1-13(20)17-15(19)8-5-9-16(17)21-11-6-7-14(10-12-21)18(2,3)4/h5,8-9,13-14H,6-7,10-12,20H2,1-4H3/t13-,14?/m0/s1. The van der Waals surface area contributed by atoms with E-state index in [2.05, 4.69) is 25.7 Å². The maximum absolute atomic E-state index is 14.1. The van der Waals surface area contributed by atoms with Gasteiger partial charge in [-0.1, -0.05) is 26.8 Å². The molecule has 1 aromatic carbocycles. The van der Waals surface area contributed by atoms with Crippen molar-refractivity contribution in [2.24, 2.45) is 17.1 Å². The van der Waals surface area contributed by atoms with Crippen molar-refractivity contribution in [2.75, 3.05) is 18.0 Å². The predicted molar refractivity (Wildman–Crippen MR) is 88.0 cm³/mol. The van der Waals surface area contributed by atoms with Crippen LogP contribution in [0.25, 0.3) is 0 Å². The third-order valence-corrected chi connectivity index (χ3v) is 4.78. The molecule has 1 unspecified atom stereocenters. The van der Waals surface area contributed by atoms with Gasteiger partial charge >= 0.3 is 0 Å². The maximum atomic E-state index is 14.1. The smallest absolute Gasteiger partial charge is 0.130 e. The fraction of sp³-hybridized carbons (Fsp3) is 0.667. The number of halogens is 1. The zero-order valence-corrected chi connectivity index (χ0v) is 13.8. The molecule has 118 valence electrons. The van der Waals surface area contributed by atoms with Gasteiger partial charge in [-0.05, 0) is 49.7 Å². The highest BCUT2D eigenvalue weighted by molar-refractivity contribution is 5.55. The van der Waals surface area contributed by atoms with Gasteiger partial charge in [-0.2, -0.15) is 0 Å². The molecule has 21 heavy (non-hydrogen) atoms. The van der Waals surface area contributed by atoms with Crippen LogP contribution in [0.3, 0.4) is 0 Å². The lowest BCUT2D eigenvalue weighted by atomic mass is 9.77. The van der Waals surface area contributed by atoms with Crippen LogP contribution in [0.4, 0.5) is 10.1 Å². The highest BCUT2D eigenvalue weighted by Crippen LogP contribution is 2.36. The molecule has 1 saturated heterocycles. The first-order valence-electron chi connectivity index (χ1n) is 8.09. The molecule has 1 heterocycles. The van der Waals surface area contributed by atoms with Gasteiger partial charge in [0.25, 0.3) is 0 Å². The minimum absolute atomic E-state index is 0.181. The van der Waals surface area contributed by atoms with Crippen molar-refractivity contribution in [3.8, 4) is 0 Å². The van der Waals surface area contributed by atoms with E-state index < -0.39 is 0 Å². The van der Waals surface area contributed by atoms with E-state index >= 15 is 0 Å². The molecule has 1 aliphatic rings. The van der Waals surface area contributed by atoms with Gasteiger partial charge in [0.2, 0.25) is 0 Å². The molecule has 0 bridgehead atoms. The molecule has 0 spiro atoms. The molecule has 1 aromatic rings. The van der Waals surface area contributed by atoms with Crippen molar-refractivity contribution in [3.05, 3.63) is 29.6 Å². The normalized spacial score (nSPS) is 22.0. The second kappa shape index (κ2) is 6.35. The molecule has 0 aliphatic carbocycles. The number of nitrogens with two attached hydrogens (primary N) is 1. The minimum Gasteiger partial charge on any atom is -0.371 e. The second-order valence-electron chi connectivity index (χ2n) is 7.44. The molecule has 2 rings (SSSR count). The van der Waals surface area contributed by atoms with E-state index in [0.29, 0.717) is 11.0 Å². The number of benzene rings is 1. The Morgan fingerprint density at radius 3 is 2.57 bits per heavy atom. The van der Waals surface area contributed by atoms with Gasteiger partial charge in [-0.15, -0.1) is 0 Å². The van der Waals surface area contributed by atoms with Crippen molar-refractivity contribution >= 4 is 5.69 Å². The number of hydrogen-bond acceptors (Lipinski definition) is 2. The number of hydrogen-bond donors (Lipinski definition) is 1. The van der Waals surface area contributed by atoms with E-state index in [1.54, 1.807) is 6.07 Å². The van der Waals surface area contributed by atoms with Crippen LogP contribution in [0.15, 0.2) is 18.2 Å². The lowest BCUT2D eigenvalue weighted by Crippen LogP contribution is -2.28. The Bertz CT molecular complexity index is 477. The number of nitrogens with zero attached hydrogens (tertiary/aromatic N) is 1. The van der Waals surface area contributed by atoms with Crippen molar-refractivity contribution in [1.82, 2.24) is 0 Å². The van der Waals surface area contributed by atoms with Crippen molar-refractivity contribution < 1.29 is 4.39 Å². The van der Waals surface area contributed by atoms with Gasteiger partial charge in [-0.25, -0.2) is 4.39 Å². The van der Waals surface area contributed by atoms with E-state index in [1.807, 2.05) is 13.0 Å². The summed E-state index contributed by atoms with van der Waals surface area (Å²) < 4.78 is 14.1. The Morgan fingerprint density at radius 2 is 1.95 bits per heavy atom. The summed E-state index contributed by atoms with van der Waals surface area (Å²) in [7, 11) is 0. The van der Waals surface area contributed by atoms with Crippen LogP contribution in [0.2, 0.25) is 0 Å². The first kappa shape index (κ1) is 16.3. The zero-order chi connectivity index (χ0) is 15.6. The zero-order valence-electron chi connectivity index (χ0n) is 13.8. The van der Waals surface area contributed by atoms with Crippen LogP contribution in [-0.4, -0.2) is 13.1 Å². The lowest BCUT2D eigenvalue weighted by molar-refractivity contribution is 0.220. The SMILES string of the molecule is C[C@H](N)c1c(F)cccc1N1CCCC(C(C)(C)C)CC1. The van der Waals surface area contributed by atoms with Gasteiger partial charge < -0.3 is 10.6 Å². The molecule has 1 fully saturated rings. The average Bonchev–Trinajstić information content (AvgIpc) is 2.63. The van der Waals surface area contributed by atoms with Crippen molar-refractivity contribution in [1.29, 1.82) is 0 Å². The van der Waals surface area contributed by atoms with Crippen molar-refractivity contribution in [2.45, 2.75) is 53.0 Å². The lowest BCUT2D eigenvalue weighted by Gasteiger charge is -2.30. The van der Waals surface area contributed by atoms with Gasteiger partial charge in [0.05, 0.1) is 0 Å². The summed E-state index contributed by atoms with van der Waals surface area (Å²) in [5, 5.41) is 0. The monoisotopic (exact) mass is 292 g/mol. The maximum Gasteiger partial charge on any atom is 0.130 e. The number of rotatable bonds is 2. The molecule has 2 N–H and O–H groups in total. The highest BCUT2D eigenvalue weighted by Gasteiger charge is 2.28. The Kier molecular flexibility index (Phi) is 4.92. The van der Waals surface area contributed by atoms with Gasteiger partial charge in [-0.3, -0.25) is 0 Å². The van der Waals surface area contributed by atoms with Crippen LogP contribution < -0.4 is 10.6 Å². The van der Waals surface area contributed by atoms with Gasteiger partial charge in [0.15, 0.2) is 0 Å². The molecule has 1 aliphatic heterocycles. The van der Waals surface area contributed by atoms with E-state index in [0.717, 1.165) is 31.1 Å². The molecule has 0 saturated carbocycles. The third-order valence-electron chi connectivity index (χ3n) is 4.78. The molecular weight excluding hydrogens is 263 g/mol. The van der Waals surface area contributed by atoms with Gasteiger partial charge in [0, 0.05) is 30.4 Å². The van der Waals surface area contributed by atoms with Gasteiger partial charge in [0.1, 0.15) is 5.82 Å². The molecule has 0 amide bonds. The third kappa shape index (κ3) is 3.76. The second-order valence-corrected chi connectivity index (χ2v) is 7.44. The summed E-state index contributed by atoms with van der Waals surface area (Å²) in [6.45, 7) is 10.8. The molecule has 2 nitrogen and oxygen atoms in total. The first-order valence-corrected chi connectivity index (χ1v) is 8.09. The largest absolute Gasteiger partial charge is 0.371 e. The minimum atomic E-state index is -0.275. The average molecular weight is 292 g/mol. The van der Waals surface area contributed by atoms with Crippen LogP contribution in [0.5, 0.6) is 0 Å². The van der Waals surface area contributed by atoms with Crippen molar-refractivity contribution in [3.63, 3.8) is 0 Å². The summed E-state index contributed by atoms with van der Waals surface area (Å²) in [6.07, 6.45) is 3.58. The summed E-state index contributed by atoms with van der Waals surface area (Å²) >= 11 is 0. The fourth-order valence-corrected chi connectivity index (χ4v) is 3.46. The Hall–Kier alpha value is -1.09. The van der Waals surface area contributed by atoms with Crippen LogP contribution >= 0.6 is 0 Å². The summed E-state index contributed by atoms with van der Waals surface area (Å²) in [4.78, 5) is 2.33. The summed E-state index contributed by atoms with van der Waals surface area (Å²) in [6, 6.07) is 5.04. The molecule has 3 heteroatoms.